The van der Waals surface area contributed by atoms with E-state index in [0.717, 1.165) is 17.5 Å². The first-order valence-corrected chi connectivity index (χ1v) is 5.07. The van der Waals surface area contributed by atoms with Gasteiger partial charge in [0, 0.05) is 12.5 Å². The number of alkyl halides is 1. The number of ketones is 1. The highest BCUT2D eigenvalue weighted by atomic mass is 127. The maximum absolute atomic E-state index is 11.1. The van der Waals surface area contributed by atoms with E-state index in [2.05, 4.69) is 27.5 Å². The molecule has 10 heavy (non-hydrogen) atoms. The molecular formula is C7H12INO. The zero-order chi connectivity index (χ0) is 7.56. The predicted molar refractivity (Wildman–Crippen MR) is 49.2 cm³/mol. The molecule has 2 nitrogen and oxygen atoms in total. The van der Waals surface area contributed by atoms with Gasteiger partial charge in [-0.05, 0) is 6.42 Å². The van der Waals surface area contributed by atoms with E-state index in [1.165, 1.54) is 0 Å². The van der Waals surface area contributed by atoms with E-state index < -0.39 is 0 Å². The molecule has 1 heterocycles. The summed E-state index contributed by atoms with van der Waals surface area (Å²) in [6.07, 6.45) is 1.04. The summed E-state index contributed by atoms with van der Waals surface area (Å²) in [4.78, 5) is 13.3. The third-order valence-electron chi connectivity index (χ3n) is 1.98. The van der Waals surface area contributed by atoms with Crippen LogP contribution in [-0.4, -0.2) is 28.3 Å². The second-order valence-corrected chi connectivity index (χ2v) is 3.51. The Morgan fingerprint density at radius 1 is 1.80 bits per heavy atom. The standard InChI is InChI=1S/C7H12INO/c1-6-2-3-9(5-8)4-7(6)10/h6H,2-5H2,1H3. The van der Waals surface area contributed by atoms with E-state index in [1.807, 2.05) is 6.92 Å². The van der Waals surface area contributed by atoms with Gasteiger partial charge in [0.05, 0.1) is 11.1 Å². The predicted octanol–water partition coefficient (Wildman–Crippen LogP) is 1.29. The molecule has 58 valence electrons. The minimum Gasteiger partial charge on any atom is -0.298 e. The molecule has 3 heteroatoms. The van der Waals surface area contributed by atoms with E-state index in [9.17, 15) is 4.79 Å². The van der Waals surface area contributed by atoms with Crippen LogP contribution in [0.15, 0.2) is 0 Å². The summed E-state index contributed by atoms with van der Waals surface area (Å²) in [6, 6.07) is 0. The molecule has 1 aliphatic heterocycles. The van der Waals surface area contributed by atoms with Gasteiger partial charge in [0.15, 0.2) is 0 Å². The highest BCUT2D eigenvalue weighted by Gasteiger charge is 2.21. The monoisotopic (exact) mass is 253 g/mol. The summed E-state index contributed by atoms with van der Waals surface area (Å²) in [5, 5.41) is 0. The molecule has 0 spiro atoms. The molecule has 0 N–H and O–H groups in total. The Balaban J connectivity index is 2.41. The summed E-state index contributed by atoms with van der Waals surface area (Å²) in [5.41, 5.74) is 0. The third-order valence-corrected chi connectivity index (χ3v) is 2.94. The fourth-order valence-electron chi connectivity index (χ4n) is 1.09. The molecule has 1 aliphatic rings. The van der Waals surface area contributed by atoms with Crippen molar-refractivity contribution in [2.24, 2.45) is 5.92 Å². The van der Waals surface area contributed by atoms with Gasteiger partial charge in [-0.2, -0.15) is 0 Å². The molecule has 1 fully saturated rings. The van der Waals surface area contributed by atoms with Crippen LogP contribution in [0, 0.1) is 5.92 Å². The highest BCUT2D eigenvalue weighted by Crippen LogP contribution is 2.13. The molecular weight excluding hydrogens is 241 g/mol. The van der Waals surface area contributed by atoms with Crippen molar-refractivity contribution in [2.45, 2.75) is 13.3 Å². The van der Waals surface area contributed by atoms with E-state index >= 15 is 0 Å². The topological polar surface area (TPSA) is 20.3 Å². The van der Waals surface area contributed by atoms with Crippen LogP contribution in [0.25, 0.3) is 0 Å². The Bertz CT molecular complexity index is 138. The molecule has 0 aromatic rings. The number of Topliss-reactive ketones (excluding diaryl/α,β-unsaturated/α-hetero) is 1. The molecule has 1 atom stereocenters. The van der Waals surface area contributed by atoms with Crippen molar-refractivity contribution >= 4 is 28.4 Å². The molecule has 1 rings (SSSR count). The lowest BCUT2D eigenvalue weighted by Crippen LogP contribution is -2.38. The van der Waals surface area contributed by atoms with Crippen LogP contribution < -0.4 is 0 Å². The second-order valence-electron chi connectivity index (χ2n) is 2.83. The minimum absolute atomic E-state index is 0.305. The van der Waals surface area contributed by atoms with Gasteiger partial charge >= 0.3 is 0 Å². The Hall–Kier alpha value is 0.360. The van der Waals surface area contributed by atoms with Crippen molar-refractivity contribution in [3.05, 3.63) is 0 Å². The first-order valence-electron chi connectivity index (χ1n) is 3.55. The Morgan fingerprint density at radius 3 is 3.00 bits per heavy atom. The Kier molecular flexibility index (Phi) is 3.10. The van der Waals surface area contributed by atoms with Gasteiger partial charge in [-0.3, -0.25) is 9.69 Å². The molecule has 0 saturated carbocycles. The van der Waals surface area contributed by atoms with Crippen LogP contribution in [0.3, 0.4) is 0 Å². The first-order chi connectivity index (χ1) is 4.74. The Labute approximate surface area is 75.1 Å². The number of piperidine rings is 1. The number of likely N-dealkylation sites (tertiary alicyclic amines) is 1. The van der Waals surface area contributed by atoms with Gasteiger partial charge in [0.1, 0.15) is 5.78 Å². The first kappa shape index (κ1) is 8.46. The lowest BCUT2D eigenvalue weighted by molar-refractivity contribution is -0.125. The summed E-state index contributed by atoms with van der Waals surface area (Å²) in [7, 11) is 0. The molecule has 0 aromatic heterocycles. The molecule has 0 aliphatic carbocycles. The van der Waals surface area contributed by atoms with Crippen LogP contribution in [-0.2, 0) is 4.79 Å². The van der Waals surface area contributed by atoms with E-state index in [-0.39, 0.29) is 0 Å². The van der Waals surface area contributed by atoms with Crippen molar-refractivity contribution in [1.82, 2.24) is 4.90 Å². The van der Waals surface area contributed by atoms with E-state index in [4.69, 9.17) is 0 Å². The number of hydrogen-bond donors (Lipinski definition) is 0. The average Bonchev–Trinajstić information content (AvgIpc) is 1.95. The largest absolute Gasteiger partial charge is 0.298 e. The zero-order valence-corrected chi connectivity index (χ0v) is 8.30. The maximum atomic E-state index is 11.1. The summed E-state index contributed by atoms with van der Waals surface area (Å²) in [5.74, 6) is 0.710. The second kappa shape index (κ2) is 3.67. The number of carbonyl (C=O) groups excluding carboxylic acids is 1. The Morgan fingerprint density at radius 2 is 2.50 bits per heavy atom. The van der Waals surface area contributed by atoms with Gasteiger partial charge in [-0.25, -0.2) is 0 Å². The van der Waals surface area contributed by atoms with Crippen LogP contribution in [0.4, 0.5) is 0 Å². The van der Waals surface area contributed by atoms with Crippen molar-refractivity contribution in [3.8, 4) is 0 Å². The summed E-state index contributed by atoms with van der Waals surface area (Å²) >= 11 is 2.30. The van der Waals surface area contributed by atoms with Crippen molar-refractivity contribution < 1.29 is 4.79 Å². The van der Waals surface area contributed by atoms with Gasteiger partial charge in [-0.15, -0.1) is 0 Å². The lowest BCUT2D eigenvalue weighted by atomic mass is 9.98. The van der Waals surface area contributed by atoms with Crippen LogP contribution >= 0.6 is 22.6 Å². The minimum atomic E-state index is 0.305. The lowest BCUT2D eigenvalue weighted by Gasteiger charge is -2.26. The van der Waals surface area contributed by atoms with Gasteiger partial charge < -0.3 is 0 Å². The molecule has 0 aromatic carbocycles. The molecule has 0 bridgehead atoms. The fourth-order valence-corrected chi connectivity index (χ4v) is 1.68. The third kappa shape index (κ3) is 1.92. The molecule has 0 amide bonds. The molecule has 1 saturated heterocycles. The number of halogens is 1. The van der Waals surface area contributed by atoms with Crippen LogP contribution in [0.1, 0.15) is 13.3 Å². The van der Waals surface area contributed by atoms with Gasteiger partial charge in [-0.1, -0.05) is 29.5 Å². The molecule has 0 radical (unpaired) electrons. The number of carbonyl (C=O) groups is 1. The number of hydrogen-bond acceptors (Lipinski definition) is 2. The number of nitrogens with zero attached hydrogens (tertiary/aromatic N) is 1. The van der Waals surface area contributed by atoms with Crippen molar-refractivity contribution in [3.63, 3.8) is 0 Å². The van der Waals surface area contributed by atoms with E-state index in [1.54, 1.807) is 0 Å². The smallest absolute Gasteiger partial charge is 0.149 e. The molecule has 1 unspecified atom stereocenters. The average molecular weight is 253 g/mol. The van der Waals surface area contributed by atoms with Crippen LogP contribution in [0.2, 0.25) is 0 Å². The van der Waals surface area contributed by atoms with Crippen molar-refractivity contribution in [2.75, 3.05) is 17.6 Å². The van der Waals surface area contributed by atoms with Crippen molar-refractivity contribution in [1.29, 1.82) is 0 Å². The normalized spacial score (nSPS) is 29.0. The summed E-state index contributed by atoms with van der Waals surface area (Å²) < 4.78 is 0.982. The van der Waals surface area contributed by atoms with Crippen LogP contribution in [0.5, 0.6) is 0 Å². The number of rotatable bonds is 1. The zero-order valence-electron chi connectivity index (χ0n) is 6.14. The summed E-state index contributed by atoms with van der Waals surface area (Å²) in [6.45, 7) is 3.78. The highest BCUT2D eigenvalue weighted by molar-refractivity contribution is 14.1. The SMILES string of the molecule is CC1CCN(CI)CC1=O. The van der Waals surface area contributed by atoms with Gasteiger partial charge in [0.25, 0.3) is 0 Å². The van der Waals surface area contributed by atoms with E-state index in [0.29, 0.717) is 18.2 Å². The van der Waals surface area contributed by atoms with Gasteiger partial charge in [0.2, 0.25) is 0 Å². The quantitative estimate of drug-likeness (QED) is 0.398. The fraction of sp³-hybridized carbons (Fsp3) is 0.857. The maximum Gasteiger partial charge on any atom is 0.149 e.